The highest BCUT2D eigenvalue weighted by molar-refractivity contribution is 7.13. The van der Waals surface area contributed by atoms with Crippen molar-refractivity contribution in [2.45, 2.75) is 0 Å². The highest BCUT2D eigenvalue weighted by atomic mass is 32.1. The molecule has 0 bridgehead atoms. The van der Waals surface area contributed by atoms with Crippen molar-refractivity contribution in [2.75, 3.05) is 5.73 Å². The van der Waals surface area contributed by atoms with Gasteiger partial charge in [0, 0.05) is 33.7 Å². The standard InChI is InChI=1S/C19H15N5OS/c20-17(24-25)12-7-5-11(6-8-12)16-10-26-19(23-16)15-9-22-18(21)14-4-2-1-3-13(14)15/h1-10,25H,(H2,20,24)(H2,21,22). The van der Waals surface area contributed by atoms with Gasteiger partial charge in [-0.05, 0) is 5.39 Å². The molecule has 0 unspecified atom stereocenters. The Morgan fingerprint density at radius 2 is 1.77 bits per heavy atom. The Balaban J connectivity index is 1.74. The van der Waals surface area contributed by atoms with Crippen LogP contribution in [0.5, 0.6) is 0 Å². The van der Waals surface area contributed by atoms with Gasteiger partial charge in [-0.1, -0.05) is 53.7 Å². The Morgan fingerprint density at radius 1 is 1.04 bits per heavy atom. The van der Waals surface area contributed by atoms with E-state index in [1.807, 2.05) is 41.8 Å². The molecule has 0 aliphatic carbocycles. The number of benzene rings is 2. The van der Waals surface area contributed by atoms with E-state index >= 15 is 0 Å². The van der Waals surface area contributed by atoms with Gasteiger partial charge in [-0.3, -0.25) is 0 Å². The third-order valence-electron chi connectivity index (χ3n) is 4.14. The molecule has 7 heteroatoms. The molecule has 26 heavy (non-hydrogen) atoms. The third-order valence-corrected chi connectivity index (χ3v) is 5.02. The summed E-state index contributed by atoms with van der Waals surface area (Å²) in [5.41, 5.74) is 15.0. The van der Waals surface area contributed by atoms with E-state index in [9.17, 15) is 0 Å². The lowest BCUT2D eigenvalue weighted by Gasteiger charge is -2.05. The maximum Gasteiger partial charge on any atom is 0.170 e. The number of oxime groups is 1. The monoisotopic (exact) mass is 361 g/mol. The Labute approximate surface area is 153 Å². The van der Waals surface area contributed by atoms with E-state index < -0.39 is 0 Å². The SMILES string of the molecule is NC(=NO)c1ccc(-c2csc(-c3cnc(N)c4ccccc34)n2)cc1. The number of aromatic nitrogens is 2. The van der Waals surface area contributed by atoms with Gasteiger partial charge in [-0.15, -0.1) is 11.3 Å². The number of nitrogens with zero attached hydrogens (tertiary/aromatic N) is 3. The Kier molecular flexibility index (Phi) is 3.98. The average molecular weight is 361 g/mol. The van der Waals surface area contributed by atoms with Gasteiger partial charge in [0.15, 0.2) is 5.84 Å². The number of rotatable bonds is 3. The first-order valence-electron chi connectivity index (χ1n) is 7.85. The number of thiazole rings is 1. The summed E-state index contributed by atoms with van der Waals surface area (Å²) in [6.45, 7) is 0. The summed E-state index contributed by atoms with van der Waals surface area (Å²) >= 11 is 1.55. The molecular weight excluding hydrogens is 346 g/mol. The molecule has 0 saturated carbocycles. The van der Waals surface area contributed by atoms with Crippen LogP contribution in [0.3, 0.4) is 0 Å². The van der Waals surface area contributed by atoms with Crippen molar-refractivity contribution in [1.82, 2.24) is 9.97 Å². The van der Waals surface area contributed by atoms with Crippen molar-refractivity contribution in [2.24, 2.45) is 10.9 Å². The smallest absolute Gasteiger partial charge is 0.170 e. The van der Waals surface area contributed by atoms with Crippen LogP contribution in [-0.4, -0.2) is 21.0 Å². The molecule has 2 aromatic heterocycles. The van der Waals surface area contributed by atoms with Gasteiger partial charge < -0.3 is 16.7 Å². The average Bonchev–Trinajstić information content (AvgIpc) is 3.18. The quantitative estimate of drug-likeness (QED) is 0.223. The van der Waals surface area contributed by atoms with Gasteiger partial charge >= 0.3 is 0 Å². The molecule has 0 aliphatic heterocycles. The number of hydrogen-bond acceptors (Lipinski definition) is 6. The van der Waals surface area contributed by atoms with Gasteiger partial charge in [0.05, 0.1) is 5.69 Å². The molecular formula is C19H15N5OS. The van der Waals surface area contributed by atoms with Crippen LogP contribution in [0.15, 0.2) is 65.3 Å². The first-order chi connectivity index (χ1) is 12.7. The fraction of sp³-hybridized carbons (Fsp3) is 0. The van der Waals surface area contributed by atoms with Crippen molar-refractivity contribution < 1.29 is 5.21 Å². The molecule has 0 atom stereocenters. The van der Waals surface area contributed by atoms with Crippen LogP contribution in [0.4, 0.5) is 5.82 Å². The summed E-state index contributed by atoms with van der Waals surface area (Å²) < 4.78 is 0. The van der Waals surface area contributed by atoms with Crippen LogP contribution in [0.1, 0.15) is 5.56 Å². The van der Waals surface area contributed by atoms with Crippen LogP contribution in [0.2, 0.25) is 0 Å². The number of amidine groups is 1. The fourth-order valence-corrected chi connectivity index (χ4v) is 3.64. The zero-order valence-electron chi connectivity index (χ0n) is 13.6. The lowest BCUT2D eigenvalue weighted by Crippen LogP contribution is -2.12. The van der Waals surface area contributed by atoms with E-state index in [-0.39, 0.29) is 5.84 Å². The number of fused-ring (bicyclic) bond motifs is 1. The fourth-order valence-electron chi connectivity index (χ4n) is 2.78. The van der Waals surface area contributed by atoms with Crippen LogP contribution >= 0.6 is 11.3 Å². The molecule has 2 aromatic carbocycles. The molecule has 4 aromatic rings. The predicted octanol–water partition coefficient (Wildman–Crippen LogP) is 3.70. The van der Waals surface area contributed by atoms with E-state index in [0.29, 0.717) is 11.4 Å². The molecule has 0 aliphatic rings. The number of nitrogens with two attached hydrogens (primary N) is 2. The minimum atomic E-state index is 0.0786. The van der Waals surface area contributed by atoms with E-state index in [2.05, 4.69) is 10.1 Å². The summed E-state index contributed by atoms with van der Waals surface area (Å²) in [5.74, 6) is 0.592. The highest BCUT2D eigenvalue weighted by Crippen LogP contribution is 2.34. The second kappa shape index (κ2) is 6.45. The van der Waals surface area contributed by atoms with E-state index in [1.165, 1.54) is 0 Å². The highest BCUT2D eigenvalue weighted by Gasteiger charge is 2.12. The first-order valence-corrected chi connectivity index (χ1v) is 8.73. The molecule has 6 nitrogen and oxygen atoms in total. The maximum absolute atomic E-state index is 8.75. The van der Waals surface area contributed by atoms with Crippen molar-refractivity contribution in [3.8, 4) is 21.8 Å². The zero-order chi connectivity index (χ0) is 18.1. The molecule has 0 saturated heterocycles. The molecule has 0 fully saturated rings. The van der Waals surface area contributed by atoms with E-state index in [0.717, 1.165) is 32.6 Å². The minimum absolute atomic E-state index is 0.0786. The van der Waals surface area contributed by atoms with Gasteiger partial charge in [-0.25, -0.2) is 9.97 Å². The summed E-state index contributed by atoms with van der Waals surface area (Å²) in [5, 5.41) is 16.6. The molecule has 2 heterocycles. The van der Waals surface area contributed by atoms with Gasteiger partial charge in [0.25, 0.3) is 0 Å². The number of anilines is 1. The molecule has 4 rings (SSSR count). The van der Waals surface area contributed by atoms with E-state index in [4.69, 9.17) is 21.7 Å². The summed E-state index contributed by atoms with van der Waals surface area (Å²) in [7, 11) is 0. The molecule has 5 N–H and O–H groups in total. The largest absolute Gasteiger partial charge is 0.409 e. The predicted molar refractivity (Wildman–Crippen MR) is 105 cm³/mol. The summed E-state index contributed by atoms with van der Waals surface area (Å²) in [4.78, 5) is 9.05. The van der Waals surface area contributed by atoms with Gasteiger partial charge in [0.2, 0.25) is 0 Å². The first kappa shape index (κ1) is 16.0. The van der Waals surface area contributed by atoms with Crippen molar-refractivity contribution >= 4 is 33.8 Å². The molecule has 0 spiro atoms. The van der Waals surface area contributed by atoms with Crippen molar-refractivity contribution in [1.29, 1.82) is 0 Å². The normalized spacial score (nSPS) is 11.8. The number of hydrogen-bond donors (Lipinski definition) is 3. The molecule has 128 valence electrons. The maximum atomic E-state index is 8.75. The number of nitrogen functional groups attached to an aromatic ring is 1. The lowest BCUT2D eigenvalue weighted by molar-refractivity contribution is 0.318. The zero-order valence-corrected chi connectivity index (χ0v) is 14.4. The van der Waals surface area contributed by atoms with E-state index in [1.54, 1.807) is 29.7 Å². The van der Waals surface area contributed by atoms with Crippen molar-refractivity contribution in [3.63, 3.8) is 0 Å². The van der Waals surface area contributed by atoms with Gasteiger partial charge in [0.1, 0.15) is 10.8 Å². The third kappa shape index (κ3) is 2.74. The van der Waals surface area contributed by atoms with Crippen LogP contribution in [0, 0.1) is 0 Å². The van der Waals surface area contributed by atoms with Crippen LogP contribution in [0.25, 0.3) is 32.6 Å². The number of pyridine rings is 1. The summed E-state index contributed by atoms with van der Waals surface area (Å²) in [6, 6.07) is 15.3. The van der Waals surface area contributed by atoms with Crippen molar-refractivity contribution in [3.05, 3.63) is 65.7 Å². The minimum Gasteiger partial charge on any atom is -0.409 e. The molecule has 0 amide bonds. The van der Waals surface area contributed by atoms with Crippen LogP contribution in [-0.2, 0) is 0 Å². The Bertz CT molecular complexity index is 1120. The second-order valence-electron chi connectivity index (χ2n) is 5.70. The topological polar surface area (TPSA) is 110 Å². The second-order valence-corrected chi connectivity index (χ2v) is 6.56. The summed E-state index contributed by atoms with van der Waals surface area (Å²) in [6.07, 6.45) is 1.77. The molecule has 0 radical (unpaired) electrons. The lowest BCUT2D eigenvalue weighted by atomic mass is 10.1. The van der Waals surface area contributed by atoms with Crippen LogP contribution < -0.4 is 11.5 Å². The van der Waals surface area contributed by atoms with Gasteiger partial charge in [-0.2, -0.15) is 0 Å². The Morgan fingerprint density at radius 3 is 2.50 bits per heavy atom. The Hall–Kier alpha value is -3.45.